The summed E-state index contributed by atoms with van der Waals surface area (Å²) in [6, 6.07) is 20.1. The summed E-state index contributed by atoms with van der Waals surface area (Å²) in [5, 5.41) is 1.21. The van der Waals surface area contributed by atoms with Crippen molar-refractivity contribution in [1.82, 2.24) is 4.98 Å². The van der Waals surface area contributed by atoms with Gasteiger partial charge in [-0.2, -0.15) is 0 Å². The molecule has 1 aromatic heterocycles. The van der Waals surface area contributed by atoms with E-state index in [1.54, 1.807) is 0 Å². The number of hydrogen-bond donors (Lipinski definition) is 0. The maximum Gasteiger partial charge on any atom is 0.0705 e. The molecule has 0 amide bonds. The van der Waals surface area contributed by atoms with Gasteiger partial charge in [-0.25, -0.2) is 0 Å². The van der Waals surface area contributed by atoms with Crippen LogP contribution >= 0.6 is 0 Å². The van der Waals surface area contributed by atoms with E-state index in [4.69, 9.17) is 4.98 Å². The summed E-state index contributed by atoms with van der Waals surface area (Å²) in [6.45, 7) is 18.5. The van der Waals surface area contributed by atoms with E-state index >= 15 is 0 Å². The van der Waals surface area contributed by atoms with Crippen LogP contribution in [0.25, 0.3) is 10.9 Å². The molecule has 1 heteroatoms. The molecule has 0 aliphatic carbocycles. The summed E-state index contributed by atoms with van der Waals surface area (Å²) in [5.74, 6) is 0.819. The molecule has 29 heavy (non-hydrogen) atoms. The second kappa shape index (κ2) is 7.94. The molecule has 1 nitrogen and oxygen atoms in total. The zero-order chi connectivity index (χ0) is 21.4. The third-order valence-corrected chi connectivity index (χ3v) is 6.26. The van der Waals surface area contributed by atoms with Crippen molar-refractivity contribution in [3.8, 4) is 0 Å². The van der Waals surface area contributed by atoms with Gasteiger partial charge in [0, 0.05) is 17.0 Å². The maximum atomic E-state index is 5.04. The molecule has 0 spiro atoms. The molecule has 0 aliphatic heterocycles. The highest BCUT2D eigenvalue weighted by Crippen LogP contribution is 2.39. The highest BCUT2D eigenvalue weighted by atomic mass is 14.7. The third kappa shape index (κ3) is 4.71. The summed E-state index contributed by atoms with van der Waals surface area (Å²) in [4.78, 5) is 5.04. The van der Waals surface area contributed by atoms with Crippen LogP contribution in [0.5, 0.6) is 0 Å². The van der Waals surface area contributed by atoms with E-state index in [1.807, 2.05) is 0 Å². The van der Waals surface area contributed by atoms with Crippen molar-refractivity contribution in [2.75, 3.05) is 0 Å². The van der Waals surface area contributed by atoms with Crippen molar-refractivity contribution >= 4 is 10.9 Å². The lowest BCUT2D eigenvalue weighted by Crippen LogP contribution is -2.18. The molecule has 3 aromatic rings. The zero-order valence-electron chi connectivity index (χ0n) is 19.5. The van der Waals surface area contributed by atoms with Crippen molar-refractivity contribution in [1.29, 1.82) is 0 Å². The van der Waals surface area contributed by atoms with Gasteiger partial charge in [0.05, 0.1) is 5.52 Å². The van der Waals surface area contributed by atoms with Crippen molar-refractivity contribution in [3.63, 3.8) is 0 Å². The minimum atomic E-state index is 0.138. The molecule has 0 saturated carbocycles. The highest BCUT2D eigenvalue weighted by molar-refractivity contribution is 5.78. The smallest absolute Gasteiger partial charge is 0.0705 e. The minimum Gasteiger partial charge on any atom is -0.253 e. The average molecular weight is 388 g/mol. The van der Waals surface area contributed by atoms with Gasteiger partial charge in [-0.1, -0.05) is 97.9 Å². The van der Waals surface area contributed by atoms with E-state index in [-0.39, 0.29) is 10.8 Å². The number of nitrogens with zero attached hydrogens (tertiary/aromatic N) is 1. The van der Waals surface area contributed by atoms with E-state index in [9.17, 15) is 0 Å². The van der Waals surface area contributed by atoms with E-state index in [0.717, 1.165) is 11.9 Å². The van der Waals surface area contributed by atoms with Gasteiger partial charge in [0.2, 0.25) is 0 Å². The molecule has 0 radical (unpaired) electrons. The first-order chi connectivity index (χ1) is 13.5. The monoisotopic (exact) mass is 387 g/mol. The fraction of sp³-hybridized carbons (Fsp3) is 0.464. The van der Waals surface area contributed by atoms with Gasteiger partial charge in [-0.3, -0.25) is 4.98 Å². The Morgan fingerprint density at radius 1 is 0.793 bits per heavy atom. The first-order valence-electron chi connectivity index (χ1n) is 11.0. The first kappa shape index (κ1) is 21.6. The highest BCUT2D eigenvalue weighted by Gasteiger charge is 2.26. The predicted octanol–water partition coefficient (Wildman–Crippen LogP) is 8.13. The van der Waals surface area contributed by atoms with Crippen LogP contribution in [0.2, 0.25) is 0 Å². The average Bonchev–Trinajstić information content (AvgIpc) is 2.66. The lowest BCUT2D eigenvalue weighted by atomic mass is 9.75. The second-order valence-electron chi connectivity index (χ2n) is 10.6. The molecule has 0 saturated heterocycles. The van der Waals surface area contributed by atoms with Gasteiger partial charge >= 0.3 is 0 Å². The van der Waals surface area contributed by atoms with Crippen LogP contribution in [0.3, 0.4) is 0 Å². The normalized spacial score (nSPS) is 14.8. The van der Waals surface area contributed by atoms with Crippen LogP contribution in [0.15, 0.2) is 54.6 Å². The molecule has 0 aliphatic rings. The standard InChI is InChI=1S/C28H37N/c1-9-24(26-15-14-20-12-10-11-13-25(20)29-26)19(2)21-16-22(27(3,4)5)18-23(17-21)28(6,7)8/h10-19,24H,9H2,1-8H3/t19-,24-/m1/s1. The predicted molar refractivity (Wildman–Crippen MR) is 127 cm³/mol. The van der Waals surface area contributed by atoms with Crippen LogP contribution in [-0.4, -0.2) is 4.98 Å². The Morgan fingerprint density at radius 2 is 1.38 bits per heavy atom. The summed E-state index contributed by atoms with van der Waals surface area (Å²) in [6.07, 6.45) is 1.08. The summed E-state index contributed by atoms with van der Waals surface area (Å²) >= 11 is 0. The molecular formula is C28H37N. The van der Waals surface area contributed by atoms with Gasteiger partial charge in [-0.05, 0) is 52.0 Å². The molecule has 154 valence electrons. The number of rotatable bonds is 4. The van der Waals surface area contributed by atoms with Crippen molar-refractivity contribution in [2.24, 2.45) is 0 Å². The Balaban J connectivity index is 2.07. The van der Waals surface area contributed by atoms with Crippen molar-refractivity contribution < 1.29 is 0 Å². The minimum absolute atomic E-state index is 0.138. The van der Waals surface area contributed by atoms with E-state index in [0.29, 0.717) is 11.8 Å². The molecule has 0 unspecified atom stereocenters. The molecular weight excluding hydrogens is 350 g/mol. The number of fused-ring (bicyclic) bond motifs is 1. The number of hydrogen-bond acceptors (Lipinski definition) is 1. The van der Waals surface area contributed by atoms with E-state index in [1.165, 1.54) is 27.8 Å². The van der Waals surface area contributed by atoms with Crippen molar-refractivity contribution in [3.05, 3.63) is 77.0 Å². The van der Waals surface area contributed by atoms with Crippen molar-refractivity contribution in [2.45, 2.75) is 84.5 Å². The molecule has 2 atom stereocenters. The topological polar surface area (TPSA) is 12.9 Å². The maximum absolute atomic E-state index is 5.04. The van der Waals surface area contributed by atoms with Gasteiger partial charge < -0.3 is 0 Å². The second-order valence-corrected chi connectivity index (χ2v) is 10.6. The molecule has 0 fully saturated rings. The Morgan fingerprint density at radius 3 is 1.93 bits per heavy atom. The summed E-state index contributed by atoms with van der Waals surface area (Å²) < 4.78 is 0. The number of para-hydroxylation sites is 1. The molecule has 2 aromatic carbocycles. The van der Waals surface area contributed by atoms with Gasteiger partial charge in [0.25, 0.3) is 0 Å². The molecule has 1 heterocycles. The summed E-state index contributed by atoms with van der Waals surface area (Å²) in [7, 11) is 0. The quantitative estimate of drug-likeness (QED) is 0.440. The Bertz CT molecular complexity index is 953. The van der Waals surface area contributed by atoms with Gasteiger partial charge in [0.15, 0.2) is 0 Å². The first-order valence-corrected chi connectivity index (χ1v) is 11.0. The largest absolute Gasteiger partial charge is 0.253 e. The zero-order valence-corrected chi connectivity index (χ0v) is 19.5. The third-order valence-electron chi connectivity index (χ3n) is 6.26. The van der Waals surface area contributed by atoms with Gasteiger partial charge in [-0.15, -0.1) is 0 Å². The van der Waals surface area contributed by atoms with Crippen LogP contribution in [0.4, 0.5) is 0 Å². The number of pyridine rings is 1. The fourth-order valence-corrected chi connectivity index (χ4v) is 4.12. The number of benzene rings is 2. The Kier molecular flexibility index (Phi) is 5.90. The van der Waals surface area contributed by atoms with Crippen LogP contribution in [0, 0.1) is 0 Å². The SMILES string of the molecule is CC[C@@H](c1ccc2ccccc2n1)[C@H](C)c1cc(C(C)(C)C)cc(C(C)(C)C)c1. The molecule has 0 bridgehead atoms. The van der Waals surface area contributed by atoms with Crippen LogP contribution in [-0.2, 0) is 10.8 Å². The van der Waals surface area contributed by atoms with Crippen LogP contribution in [0.1, 0.15) is 96.0 Å². The van der Waals surface area contributed by atoms with E-state index in [2.05, 4.69) is 110 Å². The molecule has 3 rings (SSSR count). The molecule has 0 N–H and O–H groups in total. The van der Waals surface area contributed by atoms with Crippen LogP contribution < -0.4 is 0 Å². The summed E-state index contributed by atoms with van der Waals surface area (Å²) in [5.41, 5.74) is 6.86. The Hall–Kier alpha value is -2.15. The van der Waals surface area contributed by atoms with Gasteiger partial charge in [0.1, 0.15) is 0 Å². The lowest BCUT2D eigenvalue weighted by Gasteiger charge is -2.29. The lowest BCUT2D eigenvalue weighted by molar-refractivity contribution is 0.534. The Labute approximate surface area is 177 Å². The van der Waals surface area contributed by atoms with E-state index < -0.39 is 0 Å². The number of aromatic nitrogens is 1. The fourth-order valence-electron chi connectivity index (χ4n) is 4.12.